The molecule has 1 atom stereocenters. The zero-order chi connectivity index (χ0) is 16.0. The second-order valence-corrected chi connectivity index (χ2v) is 6.11. The Balaban J connectivity index is 2.98. The molecule has 0 amide bonds. The van der Waals surface area contributed by atoms with Gasteiger partial charge in [-0.15, -0.1) is 0 Å². The fraction of sp³-hybridized carbons (Fsp3) is 0.625. The minimum absolute atomic E-state index is 0.229. The van der Waals surface area contributed by atoms with Crippen molar-refractivity contribution in [3.05, 3.63) is 35.4 Å². The molecular formula is C16H27F2N3. The monoisotopic (exact) mass is 299 g/mol. The third-order valence-electron chi connectivity index (χ3n) is 3.42. The molecule has 0 aliphatic heterocycles. The summed E-state index contributed by atoms with van der Waals surface area (Å²) in [5, 5.41) is 0. The van der Waals surface area contributed by atoms with E-state index >= 15 is 0 Å². The van der Waals surface area contributed by atoms with Crippen LogP contribution in [0.4, 0.5) is 8.78 Å². The molecule has 0 saturated carbocycles. The molecule has 1 aromatic rings. The van der Waals surface area contributed by atoms with Crippen LogP contribution in [0.5, 0.6) is 0 Å². The molecule has 0 aliphatic rings. The maximum Gasteiger partial charge on any atom is 0.130 e. The first-order valence-electron chi connectivity index (χ1n) is 7.39. The van der Waals surface area contributed by atoms with E-state index in [1.54, 1.807) is 0 Å². The van der Waals surface area contributed by atoms with Crippen molar-refractivity contribution in [2.75, 3.05) is 40.3 Å². The summed E-state index contributed by atoms with van der Waals surface area (Å²) >= 11 is 0. The molecule has 0 saturated heterocycles. The Kier molecular flexibility index (Phi) is 7.22. The number of halogens is 2. The van der Waals surface area contributed by atoms with Crippen LogP contribution in [-0.4, -0.2) is 50.1 Å². The fourth-order valence-electron chi connectivity index (χ4n) is 2.42. The van der Waals surface area contributed by atoms with E-state index in [0.29, 0.717) is 18.0 Å². The maximum absolute atomic E-state index is 14.1. The summed E-state index contributed by atoms with van der Waals surface area (Å²) < 4.78 is 27.1. The van der Waals surface area contributed by atoms with Gasteiger partial charge in [-0.2, -0.15) is 0 Å². The van der Waals surface area contributed by atoms with E-state index in [4.69, 9.17) is 5.73 Å². The van der Waals surface area contributed by atoms with Crippen molar-refractivity contribution >= 4 is 0 Å². The van der Waals surface area contributed by atoms with Gasteiger partial charge in [0.1, 0.15) is 11.6 Å². The van der Waals surface area contributed by atoms with Crippen LogP contribution in [0.3, 0.4) is 0 Å². The lowest BCUT2D eigenvalue weighted by atomic mass is 10.0. The van der Waals surface area contributed by atoms with Crippen LogP contribution in [0.15, 0.2) is 18.2 Å². The number of nitrogens with zero attached hydrogens (tertiary/aromatic N) is 2. The SMILES string of the molecule is CC(C)CN(CCN(C)C)C(CN)c1ccc(F)cc1F. The second-order valence-electron chi connectivity index (χ2n) is 6.11. The van der Waals surface area contributed by atoms with Gasteiger partial charge in [-0.25, -0.2) is 8.78 Å². The summed E-state index contributed by atoms with van der Waals surface area (Å²) in [4.78, 5) is 4.27. The molecule has 1 unspecified atom stereocenters. The van der Waals surface area contributed by atoms with Crippen LogP contribution in [-0.2, 0) is 0 Å². The average molecular weight is 299 g/mol. The largest absolute Gasteiger partial charge is 0.329 e. The number of hydrogen-bond donors (Lipinski definition) is 1. The zero-order valence-corrected chi connectivity index (χ0v) is 13.4. The summed E-state index contributed by atoms with van der Waals surface area (Å²) in [6, 6.07) is 3.50. The molecule has 0 fully saturated rings. The van der Waals surface area contributed by atoms with Crippen molar-refractivity contribution < 1.29 is 8.78 Å². The molecule has 5 heteroatoms. The molecule has 0 aromatic heterocycles. The van der Waals surface area contributed by atoms with Crippen molar-refractivity contribution in [3.8, 4) is 0 Å². The Morgan fingerprint density at radius 3 is 2.29 bits per heavy atom. The van der Waals surface area contributed by atoms with E-state index in [2.05, 4.69) is 23.6 Å². The highest BCUT2D eigenvalue weighted by Crippen LogP contribution is 2.24. The molecule has 0 heterocycles. The summed E-state index contributed by atoms with van der Waals surface area (Å²) in [6.07, 6.45) is 0. The van der Waals surface area contributed by atoms with Crippen molar-refractivity contribution in [2.45, 2.75) is 19.9 Å². The Morgan fingerprint density at radius 1 is 1.14 bits per heavy atom. The molecule has 0 aliphatic carbocycles. The molecular weight excluding hydrogens is 272 g/mol. The molecule has 0 bridgehead atoms. The van der Waals surface area contributed by atoms with E-state index in [1.165, 1.54) is 12.1 Å². The van der Waals surface area contributed by atoms with Crippen LogP contribution in [0.25, 0.3) is 0 Å². The van der Waals surface area contributed by atoms with Gasteiger partial charge in [0.25, 0.3) is 0 Å². The van der Waals surface area contributed by atoms with Crippen LogP contribution < -0.4 is 5.73 Å². The van der Waals surface area contributed by atoms with Gasteiger partial charge >= 0.3 is 0 Å². The third kappa shape index (κ3) is 5.69. The van der Waals surface area contributed by atoms with Crippen molar-refractivity contribution in [1.29, 1.82) is 0 Å². The molecule has 120 valence electrons. The van der Waals surface area contributed by atoms with Crippen molar-refractivity contribution in [3.63, 3.8) is 0 Å². The first kappa shape index (κ1) is 18.0. The molecule has 3 nitrogen and oxygen atoms in total. The Labute approximate surface area is 126 Å². The highest BCUT2D eigenvalue weighted by atomic mass is 19.1. The first-order valence-corrected chi connectivity index (χ1v) is 7.39. The quantitative estimate of drug-likeness (QED) is 0.800. The Hall–Kier alpha value is -1.04. The Bertz CT molecular complexity index is 436. The van der Waals surface area contributed by atoms with Gasteiger partial charge in [0.05, 0.1) is 0 Å². The summed E-state index contributed by atoms with van der Waals surface area (Å²) in [7, 11) is 4.01. The molecule has 2 N–H and O–H groups in total. The second kappa shape index (κ2) is 8.41. The van der Waals surface area contributed by atoms with Gasteiger partial charge in [0, 0.05) is 43.9 Å². The lowest BCUT2D eigenvalue weighted by molar-refractivity contribution is 0.161. The van der Waals surface area contributed by atoms with Gasteiger partial charge in [0.2, 0.25) is 0 Å². The minimum atomic E-state index is -0.560. The summed E-state index contributed by atoms with van der Waals surface area (Å²) in [5.41, 5.74) is 6.35. The van der Waals surface area contributed by atoms with E-state index < -0.39 is 11.6 Å². The van der Waals surface area contributed by atoms with Crippen LogP contribution in [0.1, 0.15) is 25.5 Å². The average Bonchev–Trinajstić information content (AvgIpc) is 2.38. The third-order valence-corrected chi connectivity index (χ3v) is 3.42. The summed E-state index contributed by atoms with van der Waals surface area (Å²) in [6.45, 7) is 7.04. The van der Waals surface area contributed by atoms with Gasteiger partial charge < -0.3 is 10.6 Å². The smallest absolute Gasteiger partial charge is 0.130 e. The zero-order valence-electron chi connectivity index (χ0n) is 13.4. The minimum Gasteiger partial charge on any atom is -0.329 e. The van der Waals surface area contributed by atoms with Crippen molar-refractivity contribution in [2.24, 2.45) is 11.7 Å². The molecule has 1 aromatic carbocycles. The normalized spacial score (nSPS) is 13.4. The topological polar surface area (TPSA) is 32.5 Å². The predicted octanol–water partition coefficient (Wildman–Crippen LogP) is 2.48. The van der Waals surface area contributed by atoms with Gasteiger partial charge in [-0.1, -0.05) is 19.9 Å². The maximum atomic E-state index is 14.1. The Morgan fingerprint density at radius 2 is 1.81 bits per heavy atom. The number of benzene rings is 1. The molecule has 0 spiro atoms. The van der Waals surface area contributed by atoms with Gasteiger partial charge in [-0.05, 0) is 26.1 Å². The highest BCUT2D eigenvalue weighted by molar-refractivity contribution is 5.22. The fourth-order valence-corrected chi connectivity index (χ4v) is 2.42. The standard InChI is InChI=1S/C16H27F2N3/c1-12(2)11-21(8-7-20(3)4)16(10-19)14-6-5-13(17)9-15(14)18/h5-6,9,12,16H,7-8,10-11,19H2,1-4H3. The number of nitrogens with two attached hydrogens (primary N) is 1. The number of hydrogen-bond acceptors (Lipinski definition) is 3. The van der Waals surface area contributed by atoms with Gasteiger partial charge in [0.15, 0.2) is 0 Å². The molecule has 0 radical (unpaired) electrons. The predicted molar refractivity (Wildman–Crippen MR) is 83.1 cm³/mol. The van der Waals surface area contributed by atoms with E-state index in [-0.39, 0.29) is 6.04 Å². The van der Waals surface area contributed by atoms with E-state index in [0.717, 1.165) is 25.7 Å². The van der Waals surface area contributed by atoms with Crippen molar-refractivity contribution in [1.82, 2.24) is 9.80 Å². The molecule has 21 heavy (non-hydrogen) atoms. The lowest BCUT2D eigenvalue weighted by Crippen LogP contribution is -2.40. The lowest BCUT2D eigenvalue weighted by Gasteiger charge is -2.33. The van der Waals surface area contributed by atoms with E-state index in [1.807, 2.05) is 14.1 Å². The van der Waals surface area contributed by atoms with Crippen LogP contribution in [0.2, 0.25) is 0 Å². The number of rotatable bonds is 8. The van der Waals surface area contributed by atoms with Crippen LogP contribution in [0, 0.1) is 17.6 Å². The molecule has 1 rings (SSSR count). The number of likely N-dealkylation sites (N-methyl/N-ethyl adjacent to an activating group) is 1. The van der Waals surface area contributed by atoms with E-state index in [9.17, 15) is 8.78 Å². The summed E-state index contributed by atoms with van der Waals surface area (Å²) in [5.74, 6) is -0.635. The highest BCUT2D eigenvalue weighted by Gasteiger charge is 2.23. The first-order chi connectivity index (χ1) is 9.85. The van der Waals surface area contributed by atoms with Gasteiger partial charge in [-0.3, -0.25) is 4.90 Å². The van der Waals surface area contributed by atoms with Crippen LogP contribution >= 0.6 is 0 Å².